The molecule has 0 aliphatic heterocycles. The summed E-state index contributed by atoms with van der Waals surface area (Å²) in [7, 11) is 0. The second kappa shape index (κ2) is 1.70. The third-order valence-electron chi connectivity index (χ3n) is 1.36. The summed E-state index contributed by atoms with van der Waals surface area (Å²) in [6.07, 6.45) is 1.67. The highest BCUT2D eigenvalue weighted by molar-refractivity contribution is 5.64. The van der Waals surface area contributed by atoms with Gasteiger partial charge in [0.15, 0.2) is 11.8 Å². The van der Waals surface area contributed by atoms with E-state index in [4.69, 9.17) is 0 Å². The predicted molar refractivity (Wildman–Crippen MR) is 35.5 cm³/mol. The second-order valence-corrected chi connectivity index (χ2v) is 2.04. The predicted octanol–water partition coefficient (Wildman–Crippen LogP) is -0.330. The van der Waals surface area contributed by atoms with Gasteiger partial charge in [0, 0.05) is 6.07 Å². The molecule has 0 radical (unpaired) electrons. The number of H-pyrrole nitrogens is 3. The first-order chi connectivity index (χ1) is 4.86. The summed E-state index contributed by atoms with van der Waals surface area (Å²) in [5.41, 5.74) is 1.54. The zero-order valence-corrected chi connectivity index (χ0v) is 5.14. The molecular formula is C6H6N3O+. The van der Waals surface area contributed by atoms with E-state index < -0.39 is 0 Å². The van der Waals surface area contributed by atoms with Crippen LogP contribution in [0, 0.1) is 0 Å². The Morgan fingerprint density at radius 3 is 3.20 bits per heavy atom. The maximum atomic E-state index is 10.7. The van der Waals surface area contributed by atoms with Gasteiger partial charge in [-0.3, -0.25) is 9.78 Å². The molecular weight excluding hydrogens is 130 g/mol. The Hall–Kier alpha value is -1.58. The molecule has 0 aromatic carbocycles. The van der Waals surface area contributed by atoms with E-state index in [0.29, 0.717) is 0 Å². The maximum absolute atomic E-state index is 10.7. The number of fused-ring (bicyclic) bond motifs is 1. The van der Waals surface area contributed by atoms with Crippen molar-refractivity contribution in [3.8, 4) is 0 Å². The molecule has 2 rings (SSSR count). The standard InChI is InChI=1S/C6H5N3O/c10-5-2-1-4-6(9-5)8-3-7-4/h1-3H,(H2,7,8,9,10)/p+1. The van der Waals surface area contributed by atoms with Crippen LogP contribution in [0.15, 0.2) is 23.3 Å². The van der Waals surface area contributed by atoms with Crippen LogP contribution in [0.5, 0.6) is 0 Å². The van der Waals surface area contributed by atoms with E-state index in [1.54, 1.807) is 12.4 Å². The molecule has 0 amide bonds. The molecule has 0 fully saturated rings. The lowest BCUT2D eigenvalue weighted by molar-refractivity contribution is -0.347. The minimum absolute atomic E-state index is 0.0941. The summed E-state index contributed by atoms with van der Waals surface area (Å²) < 4.78 is 0. The van der Waals surface area contributed by atoms with Gasteiger partial charge in [-0.15, -0.1) is 0 Å². The zero-order valence-electron chi connectivity index (χ0n) is 5.14. The quantitative estimate of drug-likeness (QED) is 0.511. The number of nitrogens with one attached hydrogen (secondary N) is 3. The van der Waals surface area contributed by atoms with E-state index in [9.17, 15) is 4.79 Å². The Bertz CT molecular complexity index is 400. The van der Waals surface area contributed by atoms with E-state index in [-0.39, 0.29) is 5.56 Å². The second-order valence-electron chi connectivity index (χ2n) is 2.04. The first-order valence-corrected chi connectivity index (χ1v) is 2.94. The van der Waals surface area contributed by atoms with Crippen LogP contribution in [-0.4, -0.2) is 9.97 Å². The molecule has 4 nitrogen and oxygen atoms in total. The van der Waals surface area contributed by atoms with Gasteiger partial charge < -0.3 is 0 Å². The van der Waals surface area contributed by atoms with Crippen LogP contribution in [-0.2, 0) is 0 Å². The monoisotopic (exact) mass is 136 g/mol. The summed E-state index contributed by atoms with van der Waals surface area (Å²) in [6.45, 7) is 0. The van der Waals surface area contributed by atoms with E-state index in [1.807, 2.05) is 0 Å². The van der Waals surface area contributed by atoms with Crippen molar-refractivity contribution in [1.82, 2.24) is 9.97 Å². The van der Waals surface area contributed by atoms with Gasteiger partial charge in [0.1, 0.15) is 0 Å². The van der Waals surface area contributed by atoms with Gasteiger partial charge in [-0.2, -0.15) is 0 Å². The SMILES string of the molecule is O=c1ccc2[nH]c[nH+]c2[nH]1. The van der Waals surface area contributed by atoms with Gasteiger partial charge in [-0.1, -0.05) is 0 Å². The lowest BCUT2D eigenvalue weighted by Gasteiger charge is -1.76. The summed E-state index contributed by atoms with van der Waals surface area (Å²) in [5.74, 6) is 0. The molecule has 50 valence electrons. The largest absolute Gasteiger partial charge is 0.304 e. The van der Waals surface area contributed by atoms with Crippen molar-refractivity contribution in [2.75, 3.05) is 0 Å². The van der Waals surface area contributed by atoms with Gasteiger partial charge in [0.25, 0.3) is 5.65 Å². The van der Waals surface area contributed by atoms with E-state index in [2.05, 4.69) is 15.0 Å². The van der Waals surface area contributed by atoms with Crippen molar-refractivity contribution in [1.29, 1.82) is 0 Å². The Labute approximate surface area is 55.9 Å². The zero-order chi connectivity index (χ0) is 6.97. The van der Waals surface area contributed by atoms with Crippen molar-refractivity contribution >= 4 is 11.2 Å². The molecule has 0 saturated heterocycles. The highest BCUT2D eigenvalue weighted by Crippen LogP contribution is 1.95. The Kier molecular flexibility index (Phi) is 0.887. The lowest BCUT2D eigenvalue weighted by Crippen LogP contribution is -2.07. The van der Waals surface area contributed by atoms with Gasteiger partial charge in [0.2, 0.25) is 0 Å². The minimum atomic E-state index is -0.0941. The molecule has 10 heavy (non-hydrogen) atoms. The number of rotatable bonds is 0. The summed E-state index contributed by atoms with van der Waals surface area (Å²) in [4.78, 5) is 19.1. The lowest BCUT2D eigenvalue weighted by atomic mass is 10.4. The first kappa shape index (κ1) is 5.22. The molecule has 4 heteroatoms. The fraction of sp³-hybridized carbons (Fsp3) is 0. The molecule has 0 saturated carbocycles. The minimum Gasteiger partial charge on any atom is -0.274 e. The van der Waals surface area contributed by atoms with Crippen LogP contribution in [0.25, 0.3) is 11.2 Å². The first-order valence-electron chi connectivity index (χ1n) is 2.94. The summed E-state index contributed by atoms with van der Waals surface area (Å²) in [5, 5.41) is 0. The van der Waals surface area contributed by atoms with Crippen LogP contribution in [0.4, 0.5) is 0 Å². The van der Waals surface area contributed by atoms with Crippen molar-refractivity contribution in [2.45, 2.75) is 0 Å². The highest BCUT2D eigenvalue weighted by atomic mass is 16.1. The van der Waals surface area contributed by atoms with Crippen molar-refractivity contribution in [2.24, 2.45) is 0 Å². The van der Waals surface area contributed by atoms with E-state index in [0.717, 1.165) is 11.2 Å². The summed E-state index contributed by atoms with van der Waals surface area (Å²) >= 11 is 0. The molecule has 2 aromatic heterocycles. The summed E-state index contributed by atoms with van der Waals surface area (Å²) in [6, 6.07) is 3.21. The van der Waals surface area contributed by atoms with E-state index in [1.165, 1.54) is 6.07 Å². The topological polar surface area (TPSA) is 62.8 Å². The van der Waals surface area contributed by atoms with E-state index >= 15 is 0 Å². The van der Waals surface area contributed by atoms with Gasteiger partial charge in [-0.25, -0.2) is 9.97 Å². The molecule has 0 bridgehead atoms. The average molecular weight is 136 g/mol. The number of hydrogen-bond donors (Lipinski definition) is 2. The van der Waals surface area contributed by atoms with Gasteiger partial charge >= 0.3 is 5.56 Å². The number of pyridine rings is 1. The third-order valence-corrected chi connectivity index (χ3v) is 1.36. The smallest absolute Gasteiger partial charge is 0.274 e. The van der Waals surface area contributed by atoms with Crippen molar-refractivity contribution < 1.29 is 4.98 Å². The molecule has 0 atom stereocenters. The molecule has 3 N–H and O–H groups in total. The average Bonchev–Trinajstić information content (AvgIpc) is 2.33. The van der Waals surface area contributed by atoms with Gasteiger partial charge in [0.05, 0.1) is 0 Å². The molecule has 0 aliphatic rings. The Morgan fingerprint density at radius 2 is 2.30 bits per heavy atom. The molecule has 2 aromatic rings. The molecule has 2 heterocycles. The molecule has 0 spiro atoms. The van der Waals surface area contributed by atoms with Crippen LogP contribution in [0.1, 0.15) is 0 Å². The number of hydrogen-bond acceptors (Lipinski definition) is 1. The van der Waals surface area contributed by atoms with Crippen molar-refractivity contribution in [3.63, 3.8) is 0 Å². The maximum Gasteiger partial charge on any atom is 0.304 e. The fourth-order valence-electron chi connectivity index (χ4n) is 0.895. The van der Waals surface area contributed by atoms with Crippen LogP contribution in [0.3, 0.4) is 0 Å². The number of imidazole rings is 1. The molecule has 0 unspecified atom stereocenters. The normalized spacial score (nSPS) is 10.4. The highest BCUT2D eigenvalue weighted by Gasteiger charge is 1.99. The van der Waals surface area contributed by atoms with Crippen LogP contribution < -0.4 is 10.5 Å². The number of aromatic amines is 3. The fourth-order valence-corrected chi connectivity index (χ4v) is 0.895. The van der Waals surface area contributed by atoms with Crippen LogP contribution >= 0.6 is 0 Å². The Morgan fingerprint density at radius 1 is 1.40 bits per heavy atom. The van der Waals surface area contributed by atoms with Gasteiger partial charge in [-0.05, 0) is 6.07 Å². The Balaban J connectivity index is 2.99. The van der Waals surface area contributed by atoms with Crippen LogP contribution in [0.2, 0.25) is 0 Å². The van der Waals surface area contributed by atoms with Crippen molar-refractivity contribution in [3.05, 3.63) is 28.8 Å². The molecule has 0 aliphatic carbocycles. The number of aromatic nitrogens is 3. The third kappa shape index (κ3) is 0.621.